The Balaban J connectivity index is 1.64. The zero-order valence-electron chi connectivity index (χ0n) is 9.46. The number of benzene rings is 1. The van der Waals surface area contributed by atoms with Crippen LogP contribution < -0.4 is 5.73 Å². The molecule has 2 aliphatic rings. The van der Waals surface area contributed by atoms with Gasteiger partial charge in [-0.2, -0.15) is 0 Å². The zero-order chi connectivity index (χ0) is 11.8. The predicted molar refractivity (Wildman–Crippen MR) is 61.2 cm³/mol. The Morgan fingerprint density at radius 3 is 2.35 bits per heavy atom. The number of esters is 1. The summed E-state index contributed by atoms with van der Waals surface area (Å²) in [5.74, 6) is -0.266. The molecule has 0 spiro atoms. The number of nitrogens with two attached hydrogens (primary N) is 1. The first-order valence-electron chi connectivity index (χ1n) is 5.89. The van der Waals surface area contributed by atoms with E-state index < -0.39 is 6.29 Å². The molecule has 0 saturated carbocycles. The number of carbonyl (C=O) groups is 1. The van der Waals surface area contributed by atoms with E-state index >= 15 is 0 Å². The number of rotatable bonds is 2. The molecule has 0 radical (unpaired) electrons. The van der Waals surface area contributed by atoms with Crippen molar-refractivity contribution in [3.8, 4) is 0 Å². The summed E-state index contributed by atoms with van der Waals surface area (Å²) in [6.45, 7) is 0. The second-order valence-electron chi connectivity index (χ2n) is 4.66. The summed E-state index contributed by atoms with van der Waals surface area (Å²) < 4.78 is 10.8. The molecule has 1 fully saturated rings. The van der Waals surface area contributed by atoms with E-state index in [1.807, 2.05) is 12.1 Å². The number of hydrogen-bond acceptors (Lipinski definition) is 4. The molecule has 2 N–H and O–H groups in total. The van der Waals surface area contributed by atoms with E-state index in [1.165, 1.54) is 11.1 Å². The van der Waals surface area contributed by atoms with E-state index in [4.69, 9.17) is 15.2 Å². The molecular formula is C13H15NO3. The van der Waals surface area contributed by atoms with Gasteiger partial charge < -0.3 is 15.2 Å². The van der Waals surface area contributed by atoms with Crippen LogP contribution in [-0.4, -0.2) is 24.4 Å². The molecule has 17 heavy (non-hydrogen) atoms. The van der Waals surface area contributed by atoms with Crippen molar-refractivity contribution in [2.45, 2.75) is 37.7 Å². The van der Waals surface area contributed by atoms with E-state index in [9.17, 15) is 4.79 Å². The minimum absolute atomic E-state index is 0.0781. The van der Waals surface area contributed by atoms with Crippen LogP contribution in [0.2, 0.25) is 0 Å². The molecule has 2 unspecified atom stereocenters. The molecule has 1 aromatic carbocycles. The van der Waals surface area contributed by atoms with Gasteiger partial charge in [-0.25, -0.2) is 0 Å². The standard InChI is InChI=1S/C13H15NO3/c14-11-7-12(15)17-13(11)16-10-5-8-3-1-2-4-9(8)6-10/h1-4,10-11,13H,5-7,14H2. The molecule has 90 valence electrons. The third-order valence-corrected chi connectivity index (χ3v) is 3.34. The summed E-state index contributed by atoms with van der Waals surface area (Å²) in [5.41, 5.74) is 8.41. The lowest BCUT2D eigenvalue weighted by atomic mass is 10.1. The number of ether oxygens (including phenoxy) is 2. The van der Waals surface area contributed by atoms with Crippen molar-refractivity contribution in [2.24, 2.45) is 5.73 Å². The summed E-state index contributed by atoms with van der Waals surface area (Å²) in [5, 5.41) is 0. The van der Waals surface area contributed by atoms with Gasteiger partial charge in [-0.3, -0.25) is 4.79 Å². The fourth-order valence-corrected chi connectivity index (χ4v) is 2.49. The normalized spacial score (nSPS) is 28.2. The molecule has 0 bridgehead atoms. The molecule has 1 saturated heterocycles. The number of fused-ring (bicyclic) bond motifs is 1. The summed E-state index contributed by atoms with van der Waals surface area (Å²) in [6, 6.07) is 7.95. The molecule has 3 rings (SSSR count). The van der Waals surface area contributed by atoms with E-state index in [0.717, 1.165) is 12.8 Å². The van der Waals surface area contributed by atoms with Gasteiger partial charge in [0.2, 0.25) is 6.29 Å². The van der Waals surface area contributed by atoms with Crippen molar-refractivity contribution in [3.63, 3.8) is 0 Å². The summed E-state index contributed by atoms with van der Waals surface area (Å²) in [4.78, 5) is 11.1. The molecule has 2 atom stereocenters. The topological polar surface area (TPSA) is 61.6 Å². The van der Waals surface area contributed by atoms with Gasteiger partial charge in [0.15, 0.2) is 0 Å². The first-order chi connectivity index (χ1) is 8.22. The minimum atomic E-state index is -0.568. The van der Waals surface area contributed by atoms with E-state index in [0.29, 0.717) is 0 Å². The van der Waals surface area contributed by atoms with E-state index in [-0.39, 0.29) is 24.5 Å². The van der Waals surface area contributed by atoms with Crippen LogP contribution in [0.15, 0.2) is 24.3 Å². The average molecular weight is 233 g/mol. The van der Waals surface area contributed by atoms with E-state index in [2.05, 4.69) is 12.1 Å². The van der Waals surface area contributed by atoms with Gasteiger partial charge in [0, 0.05) is 0 Å². The highest BCUT2D eigenvalue weighted by Gasteiger charge is 2.36. The van der Waals surface area contributed by atoms with Crippen LogP contribution in [0, 0.1) is 0 Å². The molecule has 1 heterocycles. The van der Waals surface area contributed by atoms with Crippen LogP contribution in [0.25, 0.3) is 0 Å². The Kier molecular flexibility index (Phi) is 2.61. The lowest BCUT2D eigenvalue weighted by Gasteiger charge is -2.19. The largest absolute Gasteiger partial charge is 0.434 e. The van der Waals surface area contributed by atoms with Crippen LogP contribution in [0.5, 0.6) is 0 Å². The van der Waals surface area contributed by atoms with Crippen molar-refractivity contribution < 1.29 is 14.3 Å². The Hall–Kier alpha value is -1.39. The molecule has 4 nitrogen and oxygen atoms in total. The third-order valence-electron chi connectivity index (χ3n) is 3.34. The zero-order valence-corrected chi connectivity index (χ0v) is 9.46. The van der Waals surface area contributed by atoms with Gasteiger partial charge in [-0.1, -0.05) is 24.3 Å². The minimum Gasteiger partial charge on any atom is -0.434 e. The predicted octanol–water partition coefficient (Wildman–Crippen LogP) is 0.771. The lowest BCUT2D eigenvalue weighted by Crippen LogP contribution is -2.35. The average Bonchev–Trinajstić information content (AvgIpc) is 2.82. The van der Waals surface area contributed by atoms with Gasteiger partial charge in [0.05, 0.1) is 18.6 Å². The Morgan fingerprint density at radius 1 is 1.18 bits per heavy atom. The summed E-state index contributed by atoms with van der Waals surface area (Å²) >= 11 is 0. The highest BCUT2D eigenvalue weighted by atomic mass is 16.7. The van der Waals surface area contributed by atoms with Crippen molar-refractivity contribution in [1.82, 2.24) is 0 Å². The summed E-state index contributed by atoms with van der Waals surface area (Å²) in [7, 11) is 0. The van der Waals surface area contributed by atoms with Gasteiger partial charge in [0.25, 0.3) is 0 Å². The number of cyclic esters (lactones) is 1. The van der Waals surface area contributed by atoms with Crippen LogP contribution in [0.4, 0.5) is 0 Å². The maximum atomic E-state index is 11.1. The van der Waals surface area contributed by atoms with Crippen LogP contribution in [0.1, 0.15) is 17.5 Å². The van der Waals surface area contributed by atoms with Crippen molar-refractivity contribution in [2.75, 3.05) is 0 Å². The fourth-order valence-electron chi connectivity index (χ4n) is 2.49. The SMILES string of the molecule is NC1CC(=O)OC1OC1Cc2ccccc2C1. The molecule has 1 aliphatic carbocycles. The first kappa shape index (κ1) is 10.7. The lowest BCUT2D eigenvalue weighted by molar-refractivity contribution is -0.173. The van der Waals surface area contributed by atoms with Crippen molar-refractivity contribution >= 4 is 5.97 Å². The number of hydrogen-bond donors (Lipinski definition) is 1. The second-order valence-corrected chi connectivity index (χ2v) is 4.66. The highest BCUT2D eigenvalue weighted by Crippen LogP contribution is 2.26. The smallest absolute Gasteiger partial charge is 0.309 e. The maximum Gasteiger partial charge on any atom is 0.309 e. The van der Waals surface area contributed by atoms with Crippen LogP contribution in [-0.2, 0) is 27.1 Å². The van der Waals surface area contributed by atoms with Gasteiger partial charge in [-0.05, 0) is 24.0 Å². The van der Waals surface area contributed by atoms with Crippen molar-refractivity contribution in [1.29, 1.82) is 0 Å². The molecule has 1 aliphatic heterocycles. The molecule has 1 aromatic rings. The maximum absolute atomic E-state index is 11.1. The first-order valence-corrected chi connectivity index (χ1v) is 5.89. The fraction of sp³-hybridized carbons (Fsp3) is 0.462. The molecule has 0 amide bonds. The second kappa shape index (κ2) is 4.13. The van der Waals surface area contributed by atoms with Gasteiger partial charge in [0.1, 0.15) is 0 Å². The van der Waals surface area contributed by atoms with Gasteiger partial charge >= 0.3 is 5.97 Å². The van der Waals surface area contributed by atoms with Crippen LogP contribution in [0.3, 0.4) is 0 Å². The monoisotopic (exact) mass is 233 g/mol. The van der Waals surface area contributed by atoms with Crippen LogP contribution >= 0.6 is 0 Å². The highest BCUT2D eigenvalue weighted by molar-refractivity contribution is 5.72. The Labute approximate surface area is 99.7 Å². The quantitative estimate of drug-likeness (QED) is 0.766. The Morgan fingerprint density at radius 2 is 1.82 bits per heavy atom. The summed E-state index contributed by atoms with van der Waals surface area (Å²) in [6.07, 6.45) is 1.51. The molecule has 0 aromatic heterocycles. The Bertz CT molecular complexity index is 421. The molecule has 4 heteroatoms. The van der Waals surface area contributed by atoms with E-state index in [1.54, 1.807) is 0 Å². The molecular weight excluding hydrogens is 218 g/mol. The third kappa shape index (κ3) is 2.06. The van der Waals surface area contributed by atoms with Gasteiger partial charge in [-0.15, -0.1) is 0 Å². The van der Waals surface area contributed by atoms with Crippen molar-refractivity contribution in [3.05, 3.63) is 35.4 Å². The number of carbonyl (C=O) groups excluding carboxylic acids is 1.